The average Bonchev–Trinajstić information content (AvgIpc) is 2.95. The molecule has 0 aliphatic carbocycles. The standard InChI is InChI=1S/C15H13ClN4O2/c1-20(8-13-14(15(21)22)18-19-17-13)12-5-3-9-6-11(16)4-2-10(9)7-12/h2-7H,8H2,1H3,(H,21,22)(H,17,18,19). The van der Waals surface area contributed by atoms with Gasteiger partial charge in [-0.25, -0.2) is 4.79 Å². The number of hydrogen-bond donors (Lipinski definition) is 2. The number of H-pyrrole nitrogens is 1. The van der Waals surface area contributed by atoms with Crippen LogP contribution in [0.15, 0.2) is 36.4 Å². The van der Waals surface area contributed by atoms with Gasteiger partial charge in [-0.1, -0.05) is 28.9 Å². The molecule has 3 rings (SSSR count). The van der Waals surface area contributed by atoms with Crippen LogP contribution in [0, 0.1) is 0 Å². The predicted molar refractivity (Wildman–Crippen MR) is 84.4 cm³/mol. The van der Waals surface area contributed by atoms with Gasteiger partial charge < -0.3 is 10.0 Å². The highest BCUT2D eigenvalue weighted by molar-refractivity contribution is 6.31. The summed E-state index contributed by atoms with van der Waals surface area (Å²) in [5.74, 6) is -1.07. The van der Waals surface area contributed by atoms with Gasteiger partial charge in [0.15, 0.2) is 5.69 Å². The van der Waals surface area contributed by atoms with Crippen molar-refractivity contribution in [3.05, 3.63) is 52.8 Å². The fourth-order valence-electron chi connectivity index (χ4n) is 2.29. The maximum atomic E-state index is 11.1. The smallest absolute Gasteiger partial charge is 0.355 e. The molecule has 0 atom stereocenters. The first-order valence-electron chi connectivity index (χ1n) is 6.58. The highest BCUT2D eigenvalue weighted by Crippen LogP contribution is 2.25. The molecule has 6 nitrogen and oxygen atoms in total. The van der Waals surface area contributed by atoms with Gasteiger partial charge in [-0.15, -0.1) is 5.10 Å². The molecule has 0 saturated heterocycles. The van der Waals surface area contributed by atoms with Gasteiger partial charge in [0.1, 0.15) is 5.69 Å². The Morgan fingerprint density at radius 2 is 2.00 bits per heavy atom. The highest BCUT2D eigenvalue weighted by Gasteiger charge is 2.16. The zero-order valence-corrected chi connectivity index (χ0v) is 12.5. The maximum absolute atomic E-state index is 11.1. The monoisotopic (exact) mass is 316 g/mol. The SMILES string of the molecule is CN(Cc1nn[nH]c1C(=O)O)c1ccc2cc(Cl)ccc2c1. The third-order valence-electron chi connectivity index (χ3n) is 3.45. The highest BCUT2D eigenvalue weighted by atomic mass is 35.5. The molecular weight excluding hydrogens is 304 g/mol. The summed E-state index contributed by atoms with van der Waals surface area (Å²) in [6.45, 7) is 0.344. The minimum absolute atomic E-state index is 0.0134. The van der Waals surface area contributed by atoms with E-state index in [1.807, 2.05) is 48.3 Å². The average molecular weight is 317 g/mol. The number of aromatic carboxylic acids is 1. The summed E-state index contributed by atoms with van der Waals surface area (Å²) in [7, 11) is 1.87. The number of aromatic amines is 1. The minimum atomic E-state index is -1.07. The van der Waals surface area contributed by atoms with Crippen molar-refractivity contribution >= 4 is 34.0 Å². The molecule has 0 amide bonds. The number of rotatable bonds is 4. The number of aromatic nitrogens is 3. The molecular formula is C15H13ClN4O2. The van der Waals surface area contributed by atoms with Crippen LogP contribution >= 0.6 is 11.6 Å². The Bertz CT molecular complexity index is 846. The Balaban J connectivity index is 1.88. The summed E-state index contributed by atoms with van der Waals surface area (Å²) in [6, 6.07) is 11.7. The van der Waals surface area contributed by atoms with Crippen LogP contribution < -0.4 is 4.90 Å². The van der Waals surface area contributed by atoms with Crippen molar-refractivity contribution in [3.63, 3.8) is 0 Å². The van der Waals surface area contributed by atoms with Gasteiger partial charge in [0.25, 0.3) is 0 Å². The lowest BCUT2D eigenvalue weighted by molar-refractivity contribution is 0.0689. The van der Waals surface area contributed by atoms with E-state index in [9.17, 15) is 4.79 Å². The number of fused-ring (bicyclic) bond motifs is 1. The van der Waals surface area contributed by atoms with Crippen molar-refractivity contribution in [3.8, 4) is 0 Å². The second kappa shape index (κ2) is 5.65. The molecule has 1 heterocycles. The molecule has 0 bridgehead atoms. The van der Waals surface area contributed by atoms with Crippen LogP contribution in [0.3, 0.4) is 0 Å². The van der Waals surface area contributed by atoms with E-state index in [2.05, 4.69) is 15.4 Å². The molecule has 1 aromatic heterocycles. The van der Waals surface area contributed by atoms with Crippen LogP contribution in [0.4, 0.5) is 5.69 Å². The van der Waals surface area contributed by atoms with Gasteiger partial charge in [-0.2, -0.15) is 0 Å². The number of anilines is 1. The molecule has 0 saturated carbocycles. The van der Waals surface area contributed by atoms with E-state index >= 15 is 0 Å². The van der Waals surface area contributed by atoms with Crippen LogP contribution in [0.1, 0.15) is 16.2 Å². The quantitative estimate of drug-likeness (QED) is 0.773. The van der Waals surface area contributed by atoms with Gasteiger partial charge in [0, 0.05) is 17.8 Å². The van der Waals surface area contributed by atoms with Gasteiger partial charge in [0.2, 0.25) is 0 Å². The van der Waals surface area contributed by atoms with Gasteiger partial charge in [-0.3, -0.25) is 5.10 Å². The lowest BCUT2D eigenvalue weighted by Gasteiger charge is -2.18. The Morgan fingerprint density at radius 3 is 2.77 bits per heavy atom. The first-order chi connectivity index (χ1) is 10.5. The number of halogens is 1. The van der Waals surface area contributed by atoms with Crippen molar-refractivity contribution < 1.29 is 9.90 Å². The number of carboxylic acid groups (broad SMARTS) is 1. The first kappa shape index (κ1) is 14.3. The summed E-state index contributed by atoms with van der Waals surface area (Å²) in [5, 5.41) is 21.7. The van der Waals surface area contributed by atoms with Crippen molar-refractivity contribution in [2.24, 2.45) is 0 Å². The normalized spacial score (nSPS) is 10.8. The minimum Gasteiger partial charge on any atom is -0.476 e. The number of nitrogens with one attached hydrogen (secondary N) is 1. The van der Waals surface area contributed by atoms with Crippen LogP contribution in [0.25, 0.3) is 10.8 Å². The molecule has 0 aliphatic rings. The molecule has 3 aromatic rings. The van der Waals surface area contributed by atoms with Crippen LogP contribution in [-0.2, 0) is 6.54 Å². The lowest BCUT2D eigenvalue weighted by Crippen LogP contribution is -2.18. The van der Waals surface area contributed by atoms with Gasteiger partial charge >= 0.3 is 5.97 Å². The van der Waals surface area contributed by atoms with Crippen molar-refractivity contribution in [1.82, 2.24) is 15.4 Å². The fraction of sp³-hybridized carbons (Fsp3) is 0.133. The largest absolute Gasteiger partial charge is 0.476 e. The molecule has 2 aromatic carbocycles. The fourth-order valence-corrected chi connectivity index (χ4v) is 2.47. The predicted octanol–water partition coefficient (Wildman–Crippen LogP) is 2.95. The second-order valence-electron chi connectivity index (χ2n) is 4.97. The molecule has 0 fully saturated rings. The van der Waals surface area contributed by atoms with Crippen LogP contribution in [-0.4, -0.2) is 33.5 Å². The topological polar surface area (TPSA) is 82.1 Å². The van der Waals surface area contributed by atoms with E-state index in [0.29, 0.717) is 17.3 Å². The number of carboxylic acids is 1. The molecule has 22 heavy (non-hydrogen) atoms. The maximum Gasteiger partial charge on any atom is 0.355 e. The van der Waals surface area contributed by atoms with E-state index in [0.717, 1.165) is 16.5 Å². The van der Waals surface area contributed by atoms with E-state index < -0.39 is 5.97 Å². The van der Waals surface area contributed by atoms with Crippen LogP contribution in [0.2, 0.25) is 5.02 Å². The number of carbonyl (C=O) groups is 1. The van der Waals surface area contributed by atoms with E-state index in [-0.39, 0.29) is 5.69 Å². The Labute approximate surface area is 131 Å². The number of benzene rings is 2. The first-order valence-corrected chi connectivity index (χ1v) is 6.96. The van der Waals surface area contributed by atoms with E-state index in [1.165, 1.54) is 0 Å². The molecule has 2 N–H and O–H groups in total. The molecule has 0 radical (unpaired) electrons. The summed E-state index contributed by atoms with van der Waals surface area (Å²) >= 11 is 5.98. The zero-order valence-electron chi connectivity index (χ0n) is 11.7. The summed E-state index contributed by atoms with van der Waals surface area (Å²) in [4.78, 5) is 13.0. The number of hydrogen-bond acceptors (Lipinski definition) is 4. The summed E-state index contributed by atoms with van der Waals surface area (Å²) in [5.41, 5.74) is 1.36. The Morgan fingerprint density at radius 1 is 1.27 bits per heavy atom. The lowest BCUT2D eigenvalue weighted by atomic mass is 10.1. The summed E-state index contributed by atoms with van der Waals surface area (Å²) < 4.78 is 0. The van der Waals surface area contributed by atoms with Crippen molar-refractivity contribution in [2.45, 2.75) is 6.54 Å². The van der Waals surface area contributed by atoms with Crippen molar-refractivity contribution in [2.75, 3.05) is 11.9 Å². The second-order valence-corrected chi connectivity index (χ2v) is 5.41. The molecule has 7 heteroatoms. The molecule has 0 spiro atoms. The number of nitrogens with zero attached hydrogens (tertiary/aromatic N) is 3. The van der Waals surface area contributed by atoms with Gasteiger partial charge in [0.05, 0.1) is 6.54 Å². The van der Waals surface area contributed by atoms with Gasteiger partial charge in [-0.05, 0) is 35.0 Å². The molecule has 0 unspecified atom stereocenters. The molecule has 0 aliphatic heterocycles. The van der Waals surface area contributed by atoms with Crippen LogP contribution in [0.5, 0.6) is 0 Å². The van der Waals surface area contributed by atoms with Crippen molar-refractivity contribution in [1.29, 1.82) is 0 Å². The Hall–Kier alpha value is -2.60. The zero-order chi connectivity index (χ0) is 15.7. The van der Waals surface area contributed by atoms with E-state index in [4.69, 9.17) is 16.7 Å². The van der Waals surface area contributed by atoms with E-state index in [1.54, 1.807) is 0 Å². The Kier molecular flexibility index (Phi) is 3.68. The molecule has 112 valence electrons. The summed E-state index contributed by atoms with van der Waals surface area (Å²) in [6.07, 6.45) is 0. The third-order valence-corrected chi connectivity index (χ3v) is 3.68. The third kappa shape index (κ3) is 2.73.